The van der Waals surface area contributed by atoms with Gasteiger partial charge >= 0.3 is 5.97 Å². The van der Waals surface area contributed by atoms with Crippen LogP contribution >= 0.6 is 0 Å². The molecule has 1 unspecified atom stereocenters. The Kier molecular flexibility index (Phi) is 5.68. The molecule has 3 atom stereocenters. The maximum Gasteiger partial charge on any atom is 0.306 e. The van der Waals surface area contributed by atoms with Gasteiger partial charge in [0.05, 0.1) is 13.0 Å². The van der Waals surface area contributed by atoms with Gasteiger partial charge in [-0.2, -0.15) is 0 Å². The van der Waals surface area contributed by atoms with Gasteiger partial charge in [0.1, 0.15) is 17.6 Å². The number of hydrogen-bond donors (Lipinski definition) is 2. The summed E-state index contributed by atoms with van der Waals surface area (Å²) in [7, 11) is 1.59. The molecular weight excluding hydrogens is 350 g/mol. The van der Waals surface area contributed by atoms with Gasteiger partial charge in [0.15, 0.2) is 0 Å². The highest BCUT2D eigenvalue weighted by Gasteiger charge is 2.33. The van der Waals surface area contributed by atoms with Crippen molar-refractivity contribution < 1.29 is 19.4 Å². The fraction of sp³-hybridized carbons (Fsp3) is 0.500. The van der Waals surface area contributed by atoms with Gasteiger partial charge in [-0.15, -0.1) is 5.10 Å². The Morgan fingerprint density at radius 1 is 1.41 bits per heavy atom. The predicted octanol–water partition coefficient (Wildman–Crippen LogP) is 1.14. The first kappa shape index (κ1) is 18.8. The molecule has 1 fully saturated rings. The van der Waals surface area contributed by atoms with Crippen molar-refractivity contribution >= 4 is 11.9 Å². The minimum absolute atomic E-state index is 0.150. The molecular formula is C18H23N5O4. The molecule has 144 valence electrons. The number of aliphatic carboxylic acids is 1. The van der Waals surface area contributed by atoms with Crippen LogP contribution in [0, 0.1) is 12.8 Å². The summed E-state index contributed by atoms with van der Waals surface area (Å²) in [6.07, 6.45) is 2.07. The maximum absolute atomic E-state index is 13.0. The third kappa shape index (κ3) is 4.42. The van der Waals surface area contributed by atoms with Crippen LogP contribution in [0.4, 0.5) is 0 Å². The van der Waals surface area contributed by atoms with E-state index < -0.39 is 17.9 Å². The highest BCUT2D eigenvalue weighted by molar-refractivity contribution is 5.81. The number of tetrazole rings is 1. The molecule has 2 aromatic rings. The Labute approximate surface area is 156 Å². The molecule has 27 heavy (non-hydrogen) atoms. The SMILES string of the molecule is COc1cccc(CC(C(=O)N[C@@H]2CC[C@H](C(=O)O)C2)n2nnnc2C)c1. The number of hydrogen-bond acceptors (Lipinski definition) is 6. The number of benzene rings is 1. The van der Waals surface area contributed by atoms with E-state index in [1.54, 1.807) is 14.0 Å². The Balaban J connectivity index is 1.77. The van der Waals surface area contributed by atoms with Crippen molar-refractivity contribution in [3.63, 3.8) is 0 Å². The zero-order valence-electron chi connectivity index (χ0n) is 15.3. The smallest absolute Gasteiger partial charge is 0.306 e. The minimum atomic E-state index is -0.809. The first-order valence-electron chi connectivity index (χ1n) is 8.88. The van der Waals surface area contributed by atoms with E-state index in [1.165, 1.54) is 4.68 Å². The molecule has 9 heteroatoms. The fourth-order valence-corrected chi connectivity index (χ4v) is 3.47. The molecule has 3 rings (SSSR count). The lowest BCUT2D eigenvalue weighted by Gasteiger charge is -2.20. The number of methoxy groups -OCH3 is 1. The summed E-state index contributed by atoms with van der Waals surface area (Å²) in [6, 6.07) is 6.71. The summed E-state index contributed by atoms with van der Waals surface area (Å²) >= 11 is 0. The van der Waals surface area contributed by atoms with Crippen LogP contribution in [0.15, 0.2) is 24.3 Å². The Bertz CT molecular complexity index is 822. The molecule has 0 saturated heterocycles. The van der Waals surface area contributed by atoms with Crippen molar-refractivity contribution in [1.82, 2.24) is 25.5 Å². The van der Waals surface area contributed by atoms with Crippen molar-refractivity contribution in [2.45, 2.75) is 44.7 Å². The van der Waals surface area contributed by atoms with Crippen molar-refractivity contribution in [2.24, 2.45) is 5.92 Å². The van der Waals surface area contributed by atoms with Gasteiger partial charge in [0.25, 0.3) is 0 Å². The fourth-order valence-electron chi connectivity index (χ4n) is 3.47. The van der Waals surface area contributed by atoms with Crippen molar-refractivity contribution in [2.75, 3.05) is 7.11 Å². The van der Waals surface area contributed by atoms with E-state index in [1.807, 2.05) is 24.3 Å². The number of amides is 1. The monoisotopic (exact) mass is 373 g/mol. The summed E-state index contributed by atoms with van der Waals surface area (Å²) < 4.78 is 6.75. The number of carboxylic acid groups (broad SMARTS) is 1. The second kappa shape index (κ2) is 8.15. The molecule has 0 spiro atoms. The van der Waals surface area contributed by atoms with E-state index in [-0.39, 0.29) is 11.9 Å². The molecule has 1 aliphatic rings. The molecule has 2 N–H and O–H groups in total. The van der Waals surface area contributed by atoms with E-state index in [2.05, 4.69) is 20.8 Å². The minimum Gasteiger partial charge on any atom is -0.497 e. The molecule has 1 heterocycles. The van der Waals surface area contributed by atoms with Crippen molar-refractivity contribution in [3.05, 3.63) is 35.7 Å². The molecule has 1 aromatic heterocycles. The van der Waals surface area contributed by atoms with E-state index in [0.717, 1.165) is 5.56 Å². The number of carbonyl (C=O) groups is 2. The van der Waals surface area contributed by atoms with E-state index >= 15 is 0 Å². The third-order valence-corrected chi connectivity index (χ3v) is 4.95. The molecule has 0 aliphatic heterocycles. The molecule has 0 radical (unpaired) electrons. The number of carboxylic acids is 1. The maximum atomic E-state index is 13.0. The Morgan fingerprint density at radius 3 is 2.85 bits per heavy atom. The van der Waals surface area contributed by atoms with Crippen LogP contribution in [0.1, 0.15) is 36.7 Å². The number of nitrogens with one attached hydrogen (secondary N) is 1. The molecule has 1 aromatic carbocycles. The number of aryl methyl sites for hydroxylation is 1. The van der Waals surface area contributed by atoms with Gasteiger partial charge < -0.3 is 15.2 Å². The van der Waals surface area contributed by atoms with Crippen molar-refractivity contribution in [3.8, 4) is 5.75 Å². The van der Waals surface area contributed by atoms with Crippen LogP contribution in [0.5, 0.6) is 5.75 Å². The van der Waals surface area contributed by atoms with Crippen LogP contribution in [0.25, 0.3) is 0 Å². The lowest BCUT2D eigenvalue weighted by Crippen LogP contribution is -2.40. The number of ether oxygens (including phenoxy) is 1. The number of carbonyl (C=O) groups excluding carboxylic acids is 1. The van der Waals surface area contributed by atoms with Gasteiger partial charge in [-0.05, 0) is 54.3 Å². The zero-order chi connectivity index (χ0) is 19.4. The Hall–Kier alpha value is -2.97. The Morgan fingerprint density at radius 2 is 2.22 bits per heavy atom. The average molecular weight is 373 g/mol. The summed E-state index contributed by atoms with van der Waals surface area (Å²) in [5.41, 5.74) is 0.916. The molecule has 1 aliphatic carbocycles. The van der Waals surface area contributed by atoms with Crippen LogP contribution in [0.3, 0.4) is 0 Å². The second-order valence-corrected chi connectivity index (χ2v) is 6.80. The molecule has 9 nitrogen and oxygen atoms in total. The summed E-state index contributed by atoms with van der Waals surface area (Å²) in [4.78, 5) is 24.1. The van der Waals surface area contributed by atoms with Gasteiger partial charge in [-0.3, -0.25) is 9.59 Å². The van der Waals surface area contributed by atoms with Gasteiger partial charge in [-0.1, -0.05) is 12.1 Å². The zero-order valence-corrected chi connectivity index (χ0v) is 15.3. The molecule has 1 amide bonds. The van der Waals surface area contributed by atoms with Crippen LogP contribution in [-0.2, 0) is 16.0 Å². The first-order valence-corrected chi connectivity index (χ1v) is 8.88. The highest BCUT2D eigenvalue weighted by atomic mass is 16.5. The lowest BCUT2D eigenvalue weighted by molar-refractivity contribution is -0.141. The van der Waals surface area contributed by atoms with Crippen molar-refractivity contribution in [1.29, 1.82) is 0 Å². The van der Waals surface area contributed by atoms with E-state index in [0.29, 0.717) is 37.3 Å². The quantitative estimate of drug-likeness (QED) is 0.747. The largest absolute Gasteiger partial charge is 0.497 e. The lowest BCUT2D eigenvalue weighted by atomic mass is 10.0. The molecule has 1 saturated carbocycles. The first-order chi connectivity index (χ1) is 13.0. The predicted molar refractivity (Wildman–Crippen MR) is 95.2 cm³/mol. The van der Waals surface area contributed by atoms with Gasteiger partial charge in [0, 0.05) is 12.5 Å². The van der Waals surface area contributed by atoms with E-state index in [9.17, 15) is 9.59 Å². The van der Waals surface area contributed by atoms with Gasteiger partial charge in [-0.25, -0.2) is 4.68 Å². The van der Waals surface area contributed by atoms with E-state index in [4.69, 9.17) is 9.84 Å². The summed E-state index contributed by atoms with van der Waals surface area (Å²) in [5.74, 6) is -0.185. The van der Waals surface area contributed by atoms with Gasteiger partial charge in [0.2, 0.25) is 5.91 Å². The topological polar surface area (TPSA) is 119 Å². The summed E-state index contributed by atoms with van der Waals surface area (Å²) in [5, 5.41) is 23.6. The third-order valence-electron chi connectivity index (χ3n) is 4.95. The normalized spacial score (nSPS) is 20.2. The number of nitrogens with zero attached hydrogens (tertiary/aromatic N) is 4. The van der Waals surface area contributed by atoms with Crippen LogP contribution < -0.4 is 10.1 Å². The second-order valence-electron chi connectivity index (χ2n) is 6.80. The number of rotatable bonds is 7. The average Bonchev–Trinajstić information content (AvgIpc) is 3.29. The van der Waals surface area contributed by atoms with Crippen LogP contribution in [0.2, 0.25) is 0 Å². The number of aromatic nitrogens is 4. The molecule has 0 bridgehead atoms. The summed E-state index contributed by atoms with van der Waals surface area (Å²) in [6.45, 7) is 1.74. The standard InChI is InChI=1S/C18H23N5O4/c1-11-20-21-22-23(11)16(9-12-4-3-5-15(8-12)27-2)17(24)19-14-7-6-13(10-14)18(25)26/h3-5,8,13-14,16H,6-7,9-10H2,1-2H3,(H,19,24)(H,25,26)/t13-,14+,16?/m0/s1. The highest BCUT2D eigenvalue weighted by Crippen LogP contribution is 2.27. The van der Waals surface area contributed by atoms with Crippen LogP contribution in [-0.4, -0.2) is 50.3 Å².